The van der Waals surface area contributed by atoms with Crippen LogP contribution in [0.4, 0.5) is 0 Å². The van der Waals surface area contributed by atoms with Crippen LogP contribution in [-0.4, -0.2) is 9.55 Å². The van der Waals surface area contributed by atoms with Gasteiger partial charge in [-0.15, -0.1) is 0 Å². The van der Waals surface area contributed by atoms with Crippen molar-refractivity contribution in [3.63, 3.8) is 0 Å². The third-order valence-corrected chi connectivity index (χ3v) is 6.47. The average molecular weight is 433 g/mol. The van der Waals surface area contributed by atoms with Gasteiger partial charge in [-0.3, -0.25) is 4.57 Å². The van der Waals surface area contributed by atoms with E-state index in [0.717, 1.165) is 22.7 Å². The van der Waals surface area contributed by atoms with E-state index in [9.17, 15) is 0 Å². The number of benzene rings is 2. The maximum atomic E-state index is 4.53. The second-order valence-corrected chi connectivity index (χ2v) is 9.89. The first kappa shape index (κ1) is 25.9. The van der Waals surface area contributed by atoms with E-state index in [0.29, 0.717) is 0 Å². The van der Waals surface area contributed by atoms with Gasteiger partial charge in [-0.2, -0.15) is 0 Å². The van der Waals surface area contributed by atoms with Gasteiger partial charge in [-0.25, -0.2) is 4.98 Å². The van der Waals surface area contributed by atoms with Gasteiger partial charge in [0.2, 0.25) is 0 Å². The van der Waals surface area contributed by atoms with Gasteiger partial charge in [0, 0.05) is 18.0 Å². The molecule has 2 aromatic carbocycles. The molecule has 0 aliphatic heterocycles. The number of aromatic nitrogens is 2. The van der Waals surface area contributed by atoms with Crippen LogP contribution < -0.4 is 0 Å². The molecule has 0 spiro atoms. The highest BCUT2D eigenvalue weighted by molar-refractivity contribution is 5.61. The van der Waals surface area contributed by atoms with Gasteiger partial charge in [-0.05, 0) is 49.7 Å². The topological polar surface area (TPSA) is 17.8 Å². The summed E-state index contributed by atoms with van der Waals surface area (Å²) in [6.45, 7) is 17.8. The molecule has 0 radical (unpaired) electrons. The minimum Gasteiger partial charge on any atom is -0.299 e. The second kappa shape index (κ2) is 12.0. The Labute approximate surface area is 197 Å². The van der Waals surface area contributed by atoms with Crippen LogP contribution in [0.3, 0.4) is 0 Å². The molecule has 174 valence electrons. The van der Waals surface area contributed by atoms with Crippen molar-refractivity contribution in [1.82, 2.24) is 9.55 Å². The van der Waals surface area contributed by atoms with Crippen molar-refractivity contribution in [3.8, 4) is 17.1 Å². The minimum atomic E-state index is 0.717. The summed E-state index contributed by atoms with van der Waals surface area (Å²) in [6, 6.07) is 14.7. The van der Waals surface area contributed by atoms with Crippen LogP contribution >= 0.6 is 0 Å². The molecule has 1 fully saturated rings. The predicted octanol–water partition coefficient (Wildman–Crippen LogP) is 9.10. The lowest BCUT2D eigenvalue weighted by Gasteiger charge is -2.15. The lowest BCUT2D eigenvalue weighted by molar-refractivity contribution is 0.549. The predicted molar refractivity (Wildman–Crippen MR) is 141 cm³/mol. The van der Waals surface area contributed by atoms with Crippen LogP contribution in [-0.2, 0) is 0 Å². The molecule has 0 N–H and O–H groups in total. The van der Waals surface area contributed by atoms with Crippen molar-refractivity contribution in [3.05, 3.63) is 71.5 Å². The fourth-order valence-corrected chi connectivity index (χ4v) is 4.46. The van der Waals surface area contributed by atoms with Crippen molar-refractivity contribution in [1.29, 1.82) is 0 Å². The number of hydrogen-bond donors (Lipinski definition) is 0. The monoisotopic (exact) mass is 432 g/mol. The first-order valence-corrected chi connectivity index (χ1v) is 12.4. The normalized spacial score (nSPS) is 15.8. The Morgan fingerprint density at radius 3 is 1.91 bits per heavy atom. The van der Waals surface area contributed by atoms with Crippen molar-refractivity contribution < 1.29 is 0 Å². The molecule has 3 aromatic rings. The summed E-state index contributed by atoms with van der Waals surface area (Å²) in [4.78, 5) is 4.53. The molecule has 2 nitrogen and oxygen atoms in total. The molecule has 1 atom stereocenters. The van der Waals surface area contributed by atoms with Gasteiger partial charge in [0.1, 0.15) is 5.82 Å². The Balaban J connectivity index is 0.000000249. The van der Waals surface area contributed by atoms with Crippen molar-refractivity contribution in [2.75, 3.05) is 0 Å². The smallest absolute Gasteiger partial charge is 0.144 e. The van der Waals surface area contributed by atoms with E-state index >= 15 is 0 Å². The molecular weight excluding hydrogens is 388 g/mol. The van der Waals surface area contributed by atoms with Crippen molar-refractivity contribution >= 4 is 0 Å². The molecule has 1 saturated carbocycles. The summed E-state index contributed by atoms with van der Waals surface area (Å²) in [7, 11) is 0. The zero-order valence-corrected chi connectivity index (χ0v) is 21.7. The molecule has 0 bridgehead atoms. The highest BCUT2D eigenvalue weighted by Crippen LogP contribution is 2.53. The number of imidazole rings is 1. The van der Waals surface area contributed by atoms with Gasteiger partial charge in [0.05, 0.1) is 5.69 Å². The van der Waals surface area contributed by atoms with Gasteiger partial charge < -0.3 is 0 Å². The van der Waals surface area contributed by atoms with Crippen LogP contribution in [0.2, 0.25) is 0 Å². The molecule has 32 heavy (non-hydrogen) atoms. The van der Waals surface area contributed by atoms with Crippen LogP contribution in [0.25, 0.3) is 17.1 Å². The molecule has 0 saturated heterocycles. The Bertz CT molecular complexity index is 925. The Hall–Kier alpha value is -2.35. The molecule has 1 aliphatic rings. The molecule has 1 heterocycles. The molecule has 0 amide bonds. The maximum absolute atomic E-state index is 4.53. The van der Waals surface area contributed by atoms with E-state index in [1.54, 1.807) is 0 Å². The lowest BCUT2D eigenvalue weighted by atomic mass is 10.0. The summed E-state index contributed by atoms with van der Waals surface area (Å²) in [5.41, 5.74) is 6.93. The fourth-order valence-electron chi connectivity index (χ4n) is 4.46. The molecular formula is C30H44N2. The molecule has 1 aliphatic carbocycles. The molecule has 1 unspecified atom stereocenters. The zero-order chi connectivity index (χ0) is 23.7. The Kier molecular flexibility index (Phi) is 9.75. The molecule has 4 rings (SSSR count). The first-order valence-electron chi connectivity index (χ1n) is 12.4. The zero-order valence-electron chi connectivity index (χ0n) is 21.7. The highest BCUT2D eigenvalue weighted by atomic mass is 15.1. The van der Waals surface area contributed by atoms with Crippen molar-refractivity contribution in [2.45, 2.75) is 87.5 Å². The summed E-state index contributed by atoms with van der Waals surface area (Å²) >= 11 is 0. The van der Waals surface area contributed by atoms with Crippen LogP contribution in [0.1, 0.15) is 83.4 Å². The number of hydrogen-bond acceptors (Lipinski definition) is 1. The summed E-state index contributed by atoms with van der Waals surface area (Å²) < 4.78 is 2.18. The van der Waals surface area contributed by atoms with Crippen molar-refractivity contribution in [2.24, 2.45) is 11.3 Å². The summed E-state index contributed by atoms with van der Waals surface area (Å²) in [5.74, 6) is 2.04. The Morgan fingerprint density at radius 2 is 1.50 bits per heavy atom. The summed E-state index contributed by atoms with van der Waals surface area (Å²) in [6.07, 6.45) is 10.8. The number of aryl methyl sites for hydroxylation is 3. The van der Waals surface area contributed by atoms with Crippen LogP contribution in [0.15, 0.2) is 54.9 Å². The van der Waals surface area contributed by atoms with E-state index in [1.807, 2.05) is 30.6 Å². The maximum Gasteiger partial charge on any atom is 0.144 e. The summed E-state index contributed by atoms with van der Waals surface area (Å²) in [5, 5.41) is 0. The van der Waals surface area contributed by atoms with Gasteiger partial charge in [-0.1, -0.05) is 108 Å². The SMILES string of the molecule is CCC1CC1(C)C.CCCCC.Cc1cc(C)c(-n2ccnc2-c2ccccc2)c(C)c1. The van der Waals surface area contributed by atoms with E-state index in [-0.39, 0.29) is 0 Å². The fraction of sp³-hybridized carbons (Fsp3) is 0.500. The lowest BCUT2D eigenvalue weighted by Crippen LogP contribution is -2.02. The van der Waals surface area contributed by atoms with Crippen LogP contribution in [0.5, 0.6) is 0 Å². The quantitative estimate of drug-likeness (QED) is 0.393. The number of rotatable bonds is 5. The largest absolute Gasteiger partial charge is 0.299 e. The third kappa shape index (κ3) is 7.08. The van der Waals surface area contributed by atoms with E-state index in [2.05, 4.69) is 89.2 Å². The second-order valence-electron chi connectivity index (χ2n) is 9.89. The van der Waals surface area contributed by atoms with E-state index < -0.39 is 0 Å². The average Bonchev–Trinajstić information content (AvgIpc) is 3.13. The highest BCUT2D eigenvalue weighted by Gasteiger charge is 2.43. The molecule has 2 heteroatoms. The van der Waals surface area contributed by atoms with E-state index in [1.165, 1.54) is 54.5 Å². The van der Waals surface area contributed by atoms with E-state index in [4.69, 9.17) is 0 Å². The van der Waals surface area contributed by atoms with Gasteiger partial charge in [0.25, 0.3) is 0 Å². The van der Waals surface area contributed by atoms with Crippen LogP contribution in [0, 0.1) is 32.1 Å². The van der Waals surface area contributed by atoms with Gasteiger partial charge >= 0.3 is 0 Å². The first-order chi connectivity index (χ1) is 15.2. The van der Waals surface area contributed by atoms with Gasteiger partial charge in [0.15, 0.2) is 0 Å². The standard InChI is InChI=1S/C18H18N2.C7H14.C5H12/c1-13-11-14(2)17(15(3)12-13)20-10-9-19-18(20)16-7-5-4-6-8-16;1-4-6-5-7(6,2)3;1-3-5-4-2/h4-12H,1-3H3;6H,4-5H2,1-3H3;3-5H2,1-2H3. The number of nitrogens with zero attached hydrogens (tertiary/aromatic N) is 2. The minimum absolute atomic E-state index is 0.717. The Morgan fingerprint density at radius 1 is 0.938 bits per heavy atom. The third-order valence-electron chi connectivity index (χ3n) is 6.47. The number of unbranched alkanes of at least 4 members (excludes halogenated alkanes) is 2. The molecule has 1 aromatic heterocycles.